The van der Waals surface area contributed by atoms with Gasteiger partial charge in [-0.15, -0.1) is 0 Å². The fraction of sp³-hybridized carbons (Fsp3) is 0.278. The Labute approximate surface area is 161 Å². The second-order valence-electron chi connectivity index (χ2n) is 5.35. The molecule has 0 saturated carbocycles. The van der Waals surface area contributed by atoms with E-state index in [0.29, 0.717) is 19.6 Å². The van der Waals surface area contributed by atoms with Gasteiger partial charge in [0.15, 0.2) is 0 Å². The number of nitrogens with one attached hydrogen (secondary N) is 3. The largest absolute Gasteiger partial charge is 0.490 e. The molecule has 2 rings (SSSR count). The van der Waals surface area contributed by atoms with Gasteiger partial charge in [-0.25, -0.2) is 4.79 Å². The summed E-state index contributed by atoms with van der Waals surface area (Å²) in [5.41, 5.74) is 0.746. The van der Waals surface area contributed by atoms with E-state index >= 15 is 0 Å². The van der Waals surface area contributed by atoms with E-state index in [4.69, 9.17) is 4.74 Å². The molecule has 0 saturated heterocycles. The molecule has 0 aliphatic carbocycles. The molecule has 6 nitrogen and oxygen atoms in total. The molecule has 4 N–H and O–H groups in total. The monoisotopic (exact) mass is 455 g/mol. The smallest absolute Gasteiger partial charge is 0.319 e. The van der Waals surface area contributed by atoms with Crippen molar-refractivity contribution in [2.24, 2.45) is 0 Å². The second kappa shape index (κ2) is 10.9. The van der Waals surface area contributed by atoms with Gasteiger partial charge in [-0.2, -0.15) is 0 Å². The summed E-state index contributed by atoms with van der Waals surface area (Å²) in [6, 6.07) is 16.7. The lowest BCUT2D eigenvalue weighted by molar-refractivity contribution is 0.106. The maximum absolute atomic E-state index is 11.7. The van der Waals surface area contributed by atoms with Gasteiger partial charge in [0.25, 0.3) is 0 Å². The van der Waals surface area contributed by atoms with Crippen LogP contribution in [0.25, 0.3) is 0 Å². The lowest BCUT2D eigenvalue weighted by Crippen LogP contribution is -2.38. The maximum Gasteiger partial charge on any atom is 0.319 e. The highest BCUT2D eigenvalue weighted by Gasteiger charge is 2.07. The number of hydrogen-bond acceptors (Lipinski definition) is 4. The van der Waals surface area contributed by atoms with Crippen LogP contribution >= 0.6 is 22.6 Å². The fourth-order valence-corrected chi connectivity index (χ4v) is 2.58. The first-order chi connectivity index (χ1) is 12.1. The fourth-order valence-electron chi connectivity index (χ4n) is 2.04. The molecule has 0 spiro atoms. The zero-order valence-electron chi connectivity index (χ0n) is 13.7. The van der Waals surface area contributed by atoms with Gasteiger partial charge in [0.2, 0.25) is 0 Å². The molecular formula is C18H22IN3O3. The van der Waals surface area contributed by atoms with Gasteiger partial charge in [-0.3, -0.25) is 0 Å². The van der Waals surface area contributed by atoms with Gasteiger partial charge in [-0.05, 0) is 46.9 Å². The van der Waals surface area contributed by atoms with Crippen molar-refractivity contribution < 1.29 is 14.6 Å². The Kier molecular flexibility index (Phi) is 8.50. The Morgan fingerprint density at radius 3 is 2.56 bits per heavy atom. The van der Waals surface area contributed by atoms with E-state index in [1.54, 1.807) is 0 Å². The van der Waals surface area contributed by atoms with Crippen LogP contribution in [0.15, 0.2) is 54.6 Å². The maximum atomic E-state index is 11.7. The lowest BCUT2D eigenvalue weighted by atomic mass is 10.3. The van der Waals surface area contributed by atoms with Gasteiger partial charge in [0.1, 0.15) is 18.5 Å². The van der Waals surface area contributed by atoms with E-state index in [1.165, 1.54) is 0 Å². The van der Waals surface area contributed by atoms with E-state index in [9.17, 15) is 9.90 Å². The van der Waals surface area contributed by atoms with Crippen molar-refractivity contribution in [3.63, 3.8) is 0 Å². The minimum Gasteiger partial charge on any atom is -0.490 e. The van der Waals surface area contributed by atoms with E-state index in [2.05, 4.69) is 38.5 Å². The molecule has 7 heteroatoms. The van der Waals surface area contributed by atoms with E-state index in [1.807, 2.05) is 54.6 Å². The number of hydrogen-bond donors (Lipinski definition) is 4. The van der Waals surface area contributed by atoms with Crippen LogP contribution in [0.3, 0.4) is 0 Å². The molecule has 0 radical (unpaired) electrons. The topological polar surface area (TPSA) is 82.6 Å². The van der Waals surface area contributed by atoms with E-state index in [-0.39, 0.29) is 12.6 Å². The Balaban J connectivity index is 1.53. The molecule has 1 atom stereocenters. The van der Waals surface area contributed by atoms with Crippen LogP contribution < -0.4 is 20.7 Å². The predicted molar refractivity (Wildman–Crippen MR) is 107 cm³/mol. The summed E-state index contributed by atoms with van der Waals surface area (Å²) in [5.74, 6) is 0.765. The Morgan fingerprint density at radius 2 is 1.80 bits per heavy atom. The number of rotatable bonds is 9. The first-order valence-electron chi connectivity index (χ1n) is 8.01. The summed E-state index contributed by atoms with van der Waals surface area (Å²) in [5, 5.41) is 18.5. The number of halogens is 1. The summed E-state index contributed by atoms with van der Waals surface area (Å²) in [6.45, 7) is 1.63. The minimum atomic E-state index is -0.617. The number of benzene rings is 2. The standard InChI is InChI=1S/C18H22IN3O3/c19-16-8-4-5-9-17(16)25-13-15(23)12-20-10-11-21-18(24)22-14-6-2-1-3-7-14/h1-9,15,20,23H,10-13H2,(H2,21,22,24). The molecule has 0 heterocycles. The molecule has 0 aliphatic rings. The van der Waals surface area contributed by atoms with Gasteiger partial charge in [0.05, 0.1) is 3.57 Å². The highest BCUT2D eigenvalue weighted by molar-refractivity contribution is 14.1. The summed E-state index contributed by atoms with van der Waals surface area (Å²) in [4.78, 5) is 11.7. The number of aliphatic hydroxyl groups is 1. The third-order valence-electron chi connectivity index (χ3n) is 3.27. The Hall–Kier alpha value is -1.84. The molecule has 0 bridgehead atoms. The van der Waals surface area contributed by atoms with E-state index < -0.39 is 6.10 Å². The van der Waals surface area contributed by atoms with Crippen molar-refractivity contribution in [3.05, 3.63) is 58.2 Å². The van der Waals surface area contributed by atoms with Crippen molar-refractivity contribution >= 4 is 34.3 Å². The number of urea groups is 1. The number of amides is 2. The van der Waals surface area contributed by atoms with Crippen molar-refractivity contribution in [2.45, 2.75) is 6.10 Å². The van der Waals surface area contributed by atoms with E-state index in [0.717, 1.165) is 15.0 Å². The summed E-state index contributed by atoms with van der Waals surface area (Å²) < 4.78 is 6.59. The van der Waals surface area contributed by atoms with Crippen LogP contribution in [0.5, 0.6) is 5.75 Å². The number of para-hydroxylation sites is 2. The number of carbonyl (C=O) groups is 1. The lowest BCUT2D eigenvalue weighted by Gasteiger charge is -2.14. The van der Waals surface area contributed by atoms with Crippen LogP contribution in [-0.4, -0.2) is 43.5 Å². The Bertz CT molecular complexity index is 655. The first-order valence-corrected chi connectivity index (χ1v) is 9.09. The van der Waals surface area contributed by atoms with Crippen molar-refractivity contribution in [1.29, 1.82) is 0 Å². The SMILES string of the molecule is O=C(NCCNCC(O)COc1ccccc1I)Nc1ccccc1. The normalized spacial score (nSPS) is 11.6. The molecule has 25 heavy (non-hydrogen) atoms. The highest BCUT2D eigenvalue weighted by Crippen LogP contribution is 2.19. The third kappa shape index (κ3) is 7.72. The minimum absolute atomic E-state index is 0.217. The number of carbonyl (C=O) groups excluding carboxylic acids is 1. The quantitative estimate of drug-likeness (QED) is 0.346. The van der Waals surface area contributed by atoms with Gasteiger partial charge < -0.3 is 25.8 Å². The first kappa shape index (κ1) is 19.5. The molecule has 2 amide bonds. The highest BCUT2D eigenvalue weighted by atomic mass is 127. The molecule has 2 aromatic rings. The summed E-state index contributed by atoms with van der Waals surface area (Å²) >= 11 is 2.19. The molecule has 134 valence electrons. The zero-order valence-corrected chi connectivity index (χ0v) is 15.9. The van der Waals surface area contributed by atoms with Crippen LogP contribution in [0.2, 0.25) is 0 Å². The summed E-state index contributed by atoms with van der Waals surface area (Å²) in [6.07, 6.45) is -0.617. The van der Waals surface area contributed by atoms with Gasteiger partial charge >= 0.3 is 6.03 Å². The average molecular weight is 455 g/mol. The van der Waals surface area contributed by atoms with Crippen molar-refractivity contribution in [3.8, 4) is 5.75 Å². The predicted octanol–water partition coefficient (Wildman–Crippen LogP) is 2.44. The van der Waals surface area contributed by atoms with Crippen LogP contribution in [-0.2, 0) is 0 Å². The number of ether oxygens (including phenoxy) is 1. The molecule has 1 unspecified atom stereocenters. The third-order valence-corrected chi connectivity index (χ3v) is 4.16. The van der Waals surface area contributed by atoms with Crippen LogP contribution in [0, 0.1) is 3.57 Å². The zero-order chi connectivity index (χ0) is 17.9. The van der Waals surface area contributed by atoms with Crippen LogP contribution in [0.4, 0.5) is 10.5 Å². The van der Waals surface area contributed by atoms with Crippen molar-refractivity contribution in [1.82, 2.24) is 10.6 Å². The molecule has 0 aromatic heterocycles. The van der Waals surface area contributed by atoms with Gasteiger partial charge in [-0.1, -0.05) is 30.3 Å². The molecule has 2 aromatic carbocycles. The molecule has 0 aliphatic heterocycles. The summed E-state index contributed by atoms with van der Waals surface area (Å²) in [7, 11) is 0. The van der Waals surface area contributed by atoms with Crippen molar-refractivity contribution in [2.75, 3.05) is 31.6 Å². The average Bonchev–Trinajstić information content (AvgIpc) is 2.61. The van der Waals surface area contributed by atoms with Crippen LogP contribution in [0.1, 0.15) is 0 Å². The number of aliphatic hydroxyl groups excluding tert-OH is 1. The Morgan fingerprint density at radius 1 is 1.08 bits per heavy atom. The number of anilines is 1. The molecular weight excluding hydrogens is 433 g/mol. The van der Waals surface area contributed by atoms with Gasteiger partial charge in [0, 0.05) is 25.3 Å². The molecule has 0 fully saturated rings. The second-order valence-corrected chi connectivity index (χ2v) is 6.51.